The van der Waals surface area contributed by atoms with Crippen LogP contribution >= 0.6 is 11.6 Å². The van der Waals surface area contributed by atoms with Gasteiger partial charge >= 0.3 is 0 Å². The molecule has 0 radical (unpaired) electrons. The van der Waals surface area contributed by atoms with Gasteiger partial charge in [0.25, 0.3) is 0 Å². The van der Waals surface area contributed by atoms with E-state index in [1.54, 1.807) is 6.07 Å². The number of benzene rings is 3. The Kier molecular flexibility index (Phi) is 10.7. The highest BCUT2D eigenvalue weighted by Crippen LogP contribution is 2.25. The minimum atomic E-state index is -0.448. The molecule has 1 fully saturated rings. The monoisotopic (exact) mass is 530 g/mol. The third kappa shape index (κ3) is 8.22. The van der Waals surface area contributed by atoms with Crippen molar-refractivity contribution in [1.29, 1.82) is 0 Å². The average molecular weight is 531 g/mol. The molecule has 0 N–H and O–H groups in total. The van der Waals surface area contributed by atoms with Gasteiger partial charge in [0.1, 0.15) is 17.7 Å². The standard InChI is InChI=1S/C31H37ClF2O3/c1-2-3-4-5-6-17-35-26-20-36-30(37-21-26)16-10-22-8-14-27-25(18-22)13-12-24(31(27)34)11-7-23-9-15-28(32)29(33)19-23/h8-9,12-15,18-19,26,30H,2-7,10-11,16-17,20-21H2,1H3. The first-order valence-corrected chi connectivity index (χ1v) is 13.9. The molecule has 0 atom stereocenters. The lowest BCUT2D eigenvalue weighted by molar-refractivity contribution is -0.227. The second-order valence-electron chi connectivity index (χ2n) is 9.88. The van der Waals surface area contributed by atoms with Crippen LogP contribution < -0.4 is 0 Å². The van der Waals surface area contributed by atoms with E-state index in [-0.39, 0.29) is 23.2 Å². The normalized spacial score (nSPS) is 17.9. The van der Waals surface area contributed by atoms with Crippen LogP contribution in [-0.4, -0.2) is 32.2 Å². The second-order valence-corrected chi connectivity index (χ2v) is 10.3. The van der Waals surface area contributed by atoms with E-state index in [1.807, 2.05) is 30.3 Å². The Morgan fingerprint density at radius 3 is 2.41 bits per heavy atom. The van der Waals surface area contributed by atoms with Gasteiger partial charge in [-0.25, -0.2) is 8.78 Å². The van der Waals surface area contributed by atoms with Crippen LogP contribution in [0.2, 0.25) is 5.02 Å². The Hall–Kier alpha value is -2.05. The molecule has 0 saturated carbocycles. The van der Waals surface area contributed by atoms with Crippen LogP contribution in [0, 0.1) is 11.6 Å². The van der Waals surface area contributed by atoms with Crippen molar-refractivity contribution in [2.75, 3.05) is 19.8 Å². The topological polar surface area (TPSA) is 27.7 Å². The fourth-order valence-corrected chi connectivity index (χ4v) is 4.86. The van der Waals surface area contributed by atoms with Gasteiger partial charge in [0, 0.05) is 18.4 Å². The van der Waals surface area contributed by atoms with E-state index >= 15 is 4.39 Å². The average Bonchev–Trinajstić information content (AvgIpc) is 2.91. The van der Waals surface area contributed by atoms with Gasteiger partial charge in [0.05, 0.1) is 18.2 Å². The smallest absolute Gasteiger partial charge is 0.158 e. The van der Waals surface area contributed by atoms with Gasteiger partial charge in [-0.15, -0.1) is 0 Å². The van der Waals surface area contributed by atoms with E-state index < -0.39 is 5.82 Å². The molecular formula is C31H37ClF2O3. The Balaban J connectivity index is 1.23. The highest BCUT2D eigenvalue weighted by Gasteiger charge is 2.22. The lowest BCUT2D eigenvalue weighted by atomic mass is 9.98. The highest BCUT2D eigenvalue weighted by atomic mass is 35.5. The number of fused-ring (bicyclic) bond motifs is 1. The molecule has 0 bridgehead atoms. The third-order valence-electron chi connectivity index (χ3n) is 6.97. The summed E-state index contributed by atoms with van der Waals surface area (Å²) < 4.78 is 46.5. The number of rotatable bonds is 13. The van der Waals surface area contributed by atoms with Crippen molar-refractivity contribution >= 4 is 22.4 Å². The predicted octanol–water partition coefficient (Wildman–Crippen LogP) is 8.22. The summed E-state index contributed by atoms with van der Waals surface area (Å²) in [5.41, 5.74) is 2.54. The minimum absolute atomic E-state index is 0.0129. The van der Waals surface area contributed by atoms with E-state index in [4.69, 9.17) is 25.8 Å². The SMILES string of the molecule is CCCCCCCOC1COC(CCc2ccc3c(F)c(CCc4ccc(Cl)c(F)c4)ccc3c2)OC1. The maximum Gasteiger partial charge on any atom is 0.158 e. The summed E-state index contributed by atoms with van der Waals surface area (Å²) in [6.07, 6.45) is 8.45. The molecule has 1 aliphatic rings. The molecule has 3 nitrogen and oxygen atoms in total. The maximum absolute atomic E-state index is 15.2. The van der Waals surface area contributed by atoms with E-state index in [9.17, 15) is 4.39 Å². The van der Waals surface area contributed by atoms with Gasteiger partial charge < -0.3 is 14.2 Å². The van der Waals surface area contributed by atoms with Gasteiger partial charge in [-0.1, -0.05) is 80.6 Å². The molecule has 4 rings (SSSR count). The maximum atomic E-state index is 15.2. The molecule has 6 heteroatoms. The summed E-state index contributed by atoms with van der Waals surface area (Å²) in [5, 5.41) is 1.57. The second kappa shape index (κ2) is 14.2. The number of aryl methyl sites for hydroxylation is 3. The molecule has 200 valence electrons. The highest BCUT2D eigenvalue weighted by molar-refractivity contribution is 6.30. The predicted molar refractivity (Wildman–Crippen MR) is 145 cm³/mol. The van der Waals surface area contributed by atoms with Gasteiger partial charge in [-0.05, 0) is 59.9 Å². The van der Waals surface area contributed by atoms with Gasteiger partial charge in [-0.3, -0.25) is 0 Å². The Morgan fingerprint density at radius 2 is 1.62 bits per heavy atom. The zero-order valence-electron chi connectivity index (χ0n) is 21.6. The first kappa shape index (κ1) is 28.0. The van der Waals surface area contributed by atoms with Gasteiger partial charge in [0.15, 0.2) is 6.29 Å². The minimum Gasteiger partial charge on any atom is -0.373 e. The Labute approximate surface area is 224 Å². The van der Waals surface area contributed by atoms with Crippen molar-refractivity contribution in [3.05, 3.63) is 81.9 Å². The van der Waals surface area contributed by atoms with Crippen molar-refractivity contribution in [2.45, 2.75) is 77.1 Å². The van der Waals surface area contributed by atoms with Crippen LogP contribution in [0.3, 0.4) is 0 Å². The first-order valence-electron chi connectivity index (χ1n) is 13.5. The summed E-state index contributed by atoms with van der Waals surface area (Å²) in [6.45, 7) is 4.11. The van der Waals surface area contributed by atoms with Gasteiger partial charge in [0.2, 0.25) is 0 Å². The lowest BCUT2D eigenvalue weighted by Gasteiger charge is -2.29. The molecule has 0 spiro atoms. The quantitative estimate of drug-likeness (QED) is 0.208. The van der Waals surface area contributed by atoms with E-state index in [0.29, 0.717) is 37.0 Å². The largest absolute Gasteiger partial charge is 0.373 e. The van der Waals surface area contributed by atoms with Gasteiger partial charge in [-0.2, -0.15) is 0 Å². The Bertz CT molecular complexity index is 1140. The molecule has 0 amide bonds. The summed E-state index contributed by atoms with van der Waals surface area (Å²) in [7, 11) is 0. The summed E-state index contributed by atoms with van der Waals surface area (Å²) in [5.74, 6) is -0.662. The summed E-state index contributed by atoms with van der Waals surface area (Å²) >= 11 is 5.75. The van der Waals surface area contributed by atoms with Crippen molar-refractivity contribution in [2.24, 2.45) is 0 Å². The van der Waals surface area contributed by atoms with Crippen molar-refractivity contribution in [3.63, 3.8) is 0 Å². The van der Waals surface area contributed by atoms with Crippen LogP contribution in [0.1, 0.15) is 62.1 Å². The first-order chi connectivity index (χ1) is 18.0. The number of halogens is 3. The number of unbranched alkanes of at least 4 members (excludes halogenated alkanes) is 4. The van der Waals surface area contributed by atoms with Crippen LogP contribution in [0.5, 0.6) is 0 Å². The fourth-order valence-electron chi connectivity index (χ4n) is 4.74. The number of hydrogen-bond acceptors (Lipinski definition) is 3. The Morgan fingerprint density at radius 1 is 0.865 bits per heavy atom. The molecule has 1 heterocycles. The fraction of sp³-hybridized carbons (Fsp3) is 0.484. The van der Waals surface area contributed by atoms with E-state index in [0.717, 1.165) is 42.4 Å². The molecule has 0 unspecified atom stereocenters. The molecule has 1 aliphatic heterocycles. The van der Waals surface area contributed by atoms with Crippen molar-refractivity contribution in [1.82, 2.24) is 0 Å². The number of ether oxygens (including phenoxy) is 3. The van der Waals surface area contributed by atoms with Crippen molar-refractivity contribution < 1.29 is 23.0 Å². The van der Waals surface area contributed by atoms with Crippen LogP contribution in [0.4, 0.5) is 8.78 Å². The zero-order chi connectivity index (χ0) is 26.0. The number of hydrogen-bond donors (Lipinski definition) is 0. The molecule has 1 saturated heterocycles. The summed E-state index contributed by atoms with van der Waals surface area (Å²) in [4.78, 5) is 0. The molecular weight excluding hydrogens is 494 g/mol. The van der Waals surface area contributed by atoms with Crippen LogP contribution in [0.15, 0.2) is 48.5 Å². The molecule has 37 heavy (non-hydrogen) atoms. The molecule has 3 aromatic carbocycles. The molecule has 0 aromatic heterocycles. The van der Waals surface area contributed by atoms with E-state index in [1.165, 1.54) is 37.8 Å². The summed E-state index contributed by atoms with van der Waals surface area (Å²) in [6, 6.07) is 14.4. The lowest BCUT2D eigenvalue weighted by Crippen LogP contribution is -2.37. The zero-order valence-corrected chi connectivity index (χ0v) is 22.4. The van der Waals surface area contributed by atoms with Crippen molar-refractivity contribution in [3.8, 4) is 0 Å². The van der Waals surface area contributed by atoms with Crippen LogP contribution in [-0.2, 0) is 33.5 Å². The van der Waals surface area contributed by atoms with E-state index in [2.05, 4.69) is 6.92 Å². The van der Waals surface area contributed by atoms with Crippen LogP contribution in [0.25, 0.3) is 10.8 Å². The molecule has 3 aromatic rings. The molecule has 0 aliphatic carbocycles. The third-order valence-corrected chi connectivity index (χ3v) is 7.28.